The Labute approximate surface area is 118 Å². The lowest BCUT2D eigenvalue weighted by Gasteiger charge is -2.40. The molecule has 0 bridgehead atoms. The van der Waals surface area contributed by atoms with E-state index in [-0.39, 0.29) is 18.4 Å². The Morgan fingerprint density at radius 1 is 1.11 bits per heavy atom. The number of hydrogen-bond acceptors (Lipinski definition) is 2. The molecule has 3 heteroatoms. The summed E-state index contributed by atoms with van der Waals surface area (Å²) in [5, 5.41) is 9.37. The van der Waals surface area contributed by atoms with Crippen molar-refractivity contribution in [3.63, 3.8) is 0 Å². The highest BCUT2D eigenvalue weighted by molar-refractivity contribution is 5.79. The van der Waals surface area contributed by atoms with Crippen LogP contribution >= 0.6 is 0 Å². The van der Waals surface area contributed by atoms with Crippen molar-refractivity contribution in [1.29, 1.82) is 0 Å². The van der Waals surface area contributed by atoms with Crippen molar-refractivity contribution < 1.29 is 9.90 Å². The van der Waals surface area contributed by atoms with Gasteiger partial charge in [-0.1, -0.05) is 20.8 Å². The van der Waals surface area contributed by atoms with E-state index in [0.29, 0.717) is 5.41 Å². The first kappa shape index (κ1) is 16.5. The molecular weight excluding hydrogens is 238 g/mol. The summed E-state index contributed by atoms with van der Waals surface area (Å²) in [5.41, 5.74) is -0.109. The fourth-order valence-corrected chi connectivity index (χ4v) is 2.88. The highest BCUT2D eigenvalue weighted by Crippen LogP contribution is 2.40. The zero-order chi connectivity index (χ0) is 14.8. The van der Waals surface area contributed by atoms with Crippen LogP contribution in [0.4, 0.5) is 0 Å². The molecule has 0 heterocycles. The van der Waals surface area contributed by atoms with Crippen molar-refractivity contribution in [2.45, 2.75) is 65.8 Å². The van der Waals surface area contributed by atoms with Gasteiger partial charge in [-0.15, -0.1) is 0 Å². The molecule has 1 rings (SSSR count). The number of carbonyl (C=O) groups is 1. The summed E-state index contributed by atoms with van der Waals surface area (Å²) in [6, 6.07) is 0. The molecule has 112 valence electrons. The molecule has 0 radical (unpaired) electrons. The molecule has 0 aromatic rings. The minimum atomic E-state index is -0.460. The molecule has 0 aromatic heterocycles. The van der Waals surface area contributed by atoms with Gasteiger partial charge in [-0.3, -0.25) is 4.79 Å². The molecule has 0 aliphatic heterocycles. The number of nitrogens with zero attached hydrogens (tertiary/aromatic N) is 1. The molecule has 1 N–H and O–H groups in total. The minimum absolute atomic E-state index is 0.00652. The van der Waals surface area contributed by atoms with Crippen LogP contribution in [0, 0.1) is 17.3 Å². The average molecular weight is 269 g/mol. The van der Waals surface area contributed by atoms with Gasteiger partial charge in [0, 0.05) is 13.0 Å². The highest BCUT2D eigenvalue weighted by Gasteiger charge is 2.36. The summed E-state index contributed by atoms with van der Waals surface area (Å²) < 4.78 is 0. The lowest BCUT2D eigenvalue weighted by Crippen LogP contribution is -2.50. The molecule has 1 amide bonds. The van der Waals surface area contributed by atoms with Gasteiger partial charge in [0.1, 0.15) is 0 Å². The number of aliphatic hydroxyl groups is 1. The standard InChI is InChI=1S/C16H31NO2/c1-15(2,3)13-9-7-12(8-10-13)14(19)17(6)16(4,5)11-18/h12-13,18H,7-11H2,1-6H3. The van der Waals surface area contributed by atoms with E-state index in [1.165, 1.54) is 0 Å². The van der Waals surface area contributed by atoms with E-state index >= 15 is 0 Å². The predicted molar refractivity (Wildman–Crippen MR) is 78.8 cm³/mol. The summed E-state index contributed by atoms with van der Waals surface area (Å²) in [7, 11) is 1.81. The van der Waals surface area contributed by atoms with Gasteiger partial charge in [0.2, 0.25) is 5.91 Å². The van der Waals surface area contributed by atoms with Gasteiger partial charge in [0.15, 0.2) is 0 Å². The summed E-state index contributed by atoms with van der Waals surface area (Å²) in [6.45, 7) is 10.7. The van der Waals surface area contributed by atoms with Crippen molar-refractivity contribution in [2.75, 3.05) is 13.7 Å². The Hall–Kier alpha value is -0.570. The maximum atomic E-state index is 12.5. The Kier molecular flexibility index (Phi) is 5.05. The predicted octanol–water partition coefficient (Wildman–Crippen LogP) is 3.07. The van der Waals surface area contributed by atoms with Crippen molar-refractivity contribution in [1.82, 2.24) is 4.90 Å². The summed E-state index contributed by atoms with van der Waals surface area (Å²) in [6.07, 6.45) is 4.28. The number of carbonyl (C=O) groups excluding carboxylic acids is 1. The summed E-state index contributed by atoms with van der Waals surface area (Å²) >= 11 is 0. The smallest absolute Gasteiger partial charge is 0.225 e. The first-order valence-electron chi connectivity index (χ1n) is 7.48. The van der Waals surface area contributed by atoms with Crippen LogP contribution < -0.4 is 0 Å². The number of rotatable bonds is 3. The largest absolute Gasteiger partial charge is 0.394 e. The van der Waals surface area contributed by atoms with Crippen LogP contribution in [0.2, 0.25) is 0 Å². The third-order valence-electron chi connectivity index (χ3n) is 4.93. The first-order chi connectivity index (χ1) is 8.59. The Balaban J connectivity index is 2.59. The fourth-order valence-electron chi connectivity index (χ4n) is 2.88. The second-order valence-electron chi connectivity index (χ2n) is 7.78. The highest BCUT2D eigenvalue weighted by atomic mass is 16.3. The van der Waals surface area contributed by atoms with E-state index in [9.17, 15) is 9.90 Å². The normalized spacial score (nSPS) is 25.2. The van der Waals surface area contributed by atoms with Crippen LogP contribution in [0.25, 0.3) is 0 Å². The van der Waals surface area contributed by atoms with E-state index in [1.807, 2.05) is 20.9 Å². The molecule has 0 unspecified atom stereocenters. The molecule has 0 aromatic carbocycles. The summed E-state index contributed by atoms with van der Waals surface area (Å²) in [5.74, 6) is 1.08. The quantitative estimate of drug-likeness (QED) is 0.855. The molecule has 19 heavy (non-hydrogen) atoms. The van der Waals surface area contributed by atoms with E-state index in [1.54, 1.807) is 4.90 Å². The molecule has 0 spiro atoms. The number of hydrogen-bond donors (Lipinski definition) is 1. The lowest BCUT2D eigenvalue weighted by molar-refractivity contribution is -0.142. The van der Waals surface area contributed by atoms with Gasteiger partial charge in [0.05, 0.1) is 12.1 Å². The third-order valence-corrected chi connectivity index (χ3v) is 4.93. The summed E-state index contributed by atoms with van der Waals surface area (Å²) in [4.78, 5) is 14.2. The van der Waals surface area contributed by atoms with Crippen molar-refractivity contribution in [2.24, 2.45) is 17.3 Å². The third kappa shape index (κ3) is 3.95. The van der Waals surface area contributed by atoms with Crippen LogP contribution in [-0.4, -0.2) is 35.1 Å². The minimum Gasteiger partial charge on any atom is -0.394 e. The van der Waals surface area contributed by atoms with Crippen LogP contribution in [-0.2, 0) is 4.79 Å². The van der Waals surface area contributed by atoms with Gasteiger partial charge in [-0.25, -0.2) is 0 Å². The number of likely N-dealkylation sites (N-methyl/N-ethyl adjacent to an activating group) is 1. The van der Waals surface area contributed by atoms with Crippen LogP contribution in [0.3, 0.4) is 0 Å². The molecule has 3 nitrogen and oxygen atoms in total. The maximum absolute atomic E-state index is 12.5. The number of aliphatic hydroxyl groups excluding tert-OH is 1. The van der Waals surface area contributed by atoms with E-state index in [4.69, 9.17) is 0 Å². The van der Waals surface area contributed by atoms with Crippen molar-refractivity contribution >= 4 is 5.91 Å². The number of amides is 1. The van der Waals surface area contributed by atoms with Gasteiger partial charge in [0.25, 0.3) is 0 Å². The van der Waals surface area contributed by atoms with Gasteiger partial charge in [-0.05, 0) is 50.9 Å². The average Bonchev–Trinajstić information content (AvgIpc) is 2.36. The first-order valence-corrected chi connectivity index (χ1v) is 7.48. The molecule has 1 saturated carbocycles. The molecule has 0 atom stereocenters. The Morgan fingerprint density at radius 2 is 1.58 bits per heavy atom. The maximum Gasteiger partial charge on any atom is 0.225 e. The molecule has 0 saturated heterocycles. The SMILES string of the molecule is CN(C(=O)C1CCC(C(C)(C)C)CC1)C(C)(C)CO. The van der Waals surface area contributed by atoms with E-state index in [2.05, 4.69) is 20.8 Å². The van der Waals surface area contributed by atoms with Gasteiger partial charge < -0.3 is 10.0 Å². The fraction of sp³-hybridized carbons (Fsp3) is 0.938. The molecule has 1 aliphatic carbocycles. The van der Waals surface area contributed by atoms with Crippen LogP contribution in [0.1, 0.15) is 60.3 Å². The zero-order valence-corrected chi connectivity index (χ0v) is 13.5. The molecule has 1 fully saturated rings. The van der Waals surface area contributed by atoms with Crippen molar-refractivity contribution in [3.8, 4) is 0 Å². The lowest BCUT2D eigenvalue weighted by atomic mass is 9.69. The van der Waals surface area contributed by atoms with Crippen molar-refractivity contribution in [3.05, 3.63) is 0 Å². The second-order valence-corrected chi connectivity index (χ2v) is 7.78. The second kappa shape index (κ2) is 5.82. The van der Waals surface area contributed by atoms with Crippen LogP contribution in [0.15, 0.2) is 0 Å². The van der Waals surface area contributed by atoms with Gasteiger partial charge in [-0.2, -0.15) is 0 Å². The van der Waals surface area contributed by atoms with Gasteiger partial charge >= 0.3 is 0 Å². The molecule has 1 aliphatic rings. The van der Waals surface area contributed by atoms with E-state index in [0.717, 1.165) is 31.6 Å². The molecular formula is C16H31NO2. The monoisotopic (exact) mass is 269 g/mol. The topological polar surface area (TPSA) is 40.5 Å². The van der Waals surface area contributed by atoms with Crippen LogP contribution in [0.5, 0.6) is 0 Å². The van der Waals surface area contributed by atoms with E-state index < -0.39 is 5.54 Å². The Bertz CT molecular complexity index is 309. The Morgan fingerprint density at radius 3 is 1.95 bits per heavy atom. The zero-order valence-electron chi connectivity index (χ0n) is 13.5.